The third-order valence-electron chi connectivity index (χ3n) is 5.00. The van der Waals surface area contributed by atoms with Crippen LogP contribution in [0.25, 0.3) is 0 Å². The normalized spacial score (nSPS) is 24.1. The molecule has 0 radical (unpaired) electrons. The molecule has 24 heavy (non-hydrogen) atoms. The molecule has 1 rings (SSSR count). The van der Waals surface area contributed by atoms with Gasteiger partial charge in [-0.3, -0.25) is 0 Å². The Kier molecular flexibility index (Phi) is 10.4. The molecule has 140 valence electrons. The molecule has 1 fully saturated rings. The third-order valence-corrected chi connectivity index (χ3v) is 7.42. The second kappa shape index (κ2) is 11.5. The summed E-state index contributed by atoms with van der Waals surface area (Å²) >= 11 is -0.281. The molecule has 3 heteroatoms. The van der Waals surface area contributed by atoms with Crippen LogP contribution in [0.1, 0.15) is 73.1 Å². The van der Waals surface area contributed by atoms with E-state index in [0.29, 0.717) is 0 Å². The van der Waals surface area contributed by atoms with Crippen LogP contribution in [0, 0.1) is 11.8 Å². The summed E-state index contributed by atoms with van der Waals surface area (Å²) in [4.78, 5) is 0. The molecule has 1 saturated carbocycles. The molecular formula is C21H36FIN-. The molecule has 0 unspecified atom stereocenters. The number of hydrogen-bond acceptors (Lipinski definition) is 1. The summed E-state index contributed by atoms with van der Waals surface area (Å²) in [5.41, 5.74) is 0.167. The zero-order valence-corrected chi connectivity index (χ0v) is 18.3. The van der Waals surface area contributed by atoms with Crippen molar-refractivity contribution in [3.8, 4) is 0 Å². The van der Waals surface area contributed by atoms with Crippen molar-refractivity contribution in [2.75, 3.05) is 4.55 Å². The molecule has 0 bridgehead atoms. The number of halogens is 2. The minimum absolute atomic E-state index is 0.0585. The molecule has 0 aromatic heterocycles. The summed E-state index contributed by atoms with van der Waals surface area (Å²) < 4.78 is 15.8. The van der Waals surface area contributed by atoms with E-state index in [1.165, 1.54) is 38.5 Å². The van der Waals surface area contributed by atoms with Crippen LogP contribution in [0.4, 0.5) is 4.39 Å². The Bertz CT molecular complexity index is 443. The van der Waals surface area contributed by atoms with Crippen LogP contribution in [0.15, 0.2) is 33.7 Å². The first-order valence-electron chi connectivity index (χ1n) is 9.34. The van der Waals surface area contributed by atoms with Crippen LogP contribution in [0.3, 0.4) is 0 Å². The van der Waals surface area contributed by atoms with Gasteiger partial charge in [0, 0.05) is 0 Å². The fourth-order valence-electron chi connectivity index (χ4n) is 3.02. The zero-order valence-electron chi connectivity index (χ0n) is 16.2. The summed E-state index contributed by atoms with van der Waals surface area (Å²) in [5, 5.41) is 3.67. The first-order valence-corrected chi connectivity index (χ1v) is 11.9. The van der Waals surface area contributed by atoms with E-state index >= 15 is 0 Å². The molecule has 0 heterocycles. The van der Waals surface area contributed by atoms with Crippen molar-refractivity contribution in [2.45, 2.75) is 78.7 Å². The van der Waals surface area contributed by atoms with Gasteiger partial charge in [-0.05, 0) is 0 Å². The van der Waals surface area contributed by atoms with Crippen LogP contribution in [0.5, 0.6) is 0 Å². The monoisotopic (exact) mass is 448 g/mol. The summed E-state index contributed by atoms with van der Waals surface area (Å²) in [7, 11) is 0. The Morgan fingerprint density at radius 2 is 1.88 bits per heavy atom. The SMILES string of the molecule is C\C=C/C=C\C(F)=C(/C)[I-]CNC(C)(C)CCC1CCC(C)CC1. The molecule has 0 amide bonds. The first kappa shape index (κ1) is 21.9. The molecule has 0 spiro atoms. The van der Waals surface area contributed by atoms with Crippen LogP contribution in [0.2, 0.25) is 0 Å². The molecule has 1 aliphatic carbocycles. The predicted octanol–water partition coefficient (Wildman–Crippen LogP) is 3.34. The van der Waals surface area contributed by atoms with Crippen molar-refractivity contribution in [1.82, 2.24) is 5.32 Å². The molecule has 0 aromatic carbocycles. The fraction of sp³-hybridized carbons (Fsp3) is 0.714. The molecule has 0 atom stereocenters. The van der Waals surface area contributed by atoms with E-state index in [4.69, 9.17) is 0 Å². The molecule has 0 aromatic rings. The van der Waals surface area contributed by atoms with E-state index in [-0.39, 0.29) is 32.6 Å². The van der Waals surface area contributed by atoms with Gasteiger partial charge in [0.25, 0.3) is 0 Å². The van der Waals surface area contributed by atoms with E-state index in [9.17, 15) is 4.39 Å². The predicted molar refractivity (Wildman–Crippen MR) is 100 cm³/mol. The van der Waals surface area contributed by atoms with Gasteiger partial charge in [-0.2, -0.15) is 0 Å². The Morgan fingerprint density at radius 1 is 1.21 bits per heavy atom. The quantitative estimate of drug-likeness (QED) is 0.247. The number of alkyl halides is 1. The molecular weight excluding hydrogens is 412 g/mol. The average molecular weight is 448 g/mol. The second-order valence-corrected chi connectivity index (χ2v) is 10.9. The number of hydrogen-bond donors (Lipinski definition) is 1. The van der Waals surface area contributed by atoms with Gasteiger partial charge in [0.2, 0.25) is 0 Å². The summed E-state index contributed by atoms with van der Waals surface area (Å²) in [6.45, 7) is 10.8. The van der Waals surface area contributed by atoms with Gasteiger partial charge >= 0.3 is 160 Å². The van der Waals surface area contributed by atoms with Crippen LogP contribution >= 0.6 is 0 Å². The van der Waals surface area contributed by atoms with E-state index < -0.39 is 0 Å². The number of allylic oxidation sites excluding steroid dienone is 6. The number of rotatable bonds is 9. The van der Waals surface area contributed by atoms with Crippen LogP contribution in [-0.2, 0) is 0 Å². The summed E-state index contributed by atoms with van der Waals surface area (Å²) in [6.07, 6.45) is 15.3. The molecule has 0 aliphatic heterocycles. The summed E-state index contributed by atoms with van der Waals surface area (Å²) in [5.74, 6) is 1.80. The third kappa shape index (κ3) is 9.36. The van der Waals surface area contributed by atoms with Crippen molar-refractivity contribution in [1.29, 1.82) is 0 Å². The molecule has 0 saturated heterocycles. The van der Waals surface area contributed by atoms with Gasteiger partial charge in [0.05, 0.1) is 0 Å². The fourth-order valence-corrected chi connectivity index (χ4v) is 5.35. The van der Waals surface area contributed by atoms with Crippen LogP contribution in [-0.4, -0.2) is 10.1 Å². The van der Waals surface area contributed by atoms with Gasteiger partial charge in [0.1, 0.15) is 0 Å². The van der Waals surface area contributed by atoms with Crippen molar-refractivity contribution >= 4 is 0 Å². The minimum atomic E-state index is -0.281. The Morgan fingerprint density at radius 3 is 2.50 bits per heavy atom. The zero-order chi connectivity index (χ0) is 18.0. The van der Waals surface area contributed by atoms with Crippen molar-refractivity contribution in [3.05, 3.63) is 33.7 Å². The maximum absolute atomic E-state index is 13.9. The van der Waals surface area contributed by atoms with Crippen molar-refractivity contribution in [3.63, 3.8) is 0 Å². The van der Waals surface area contributed by atoms with Crippen LogP contribution < -0.4 is 26.5 Å². The van der Waals surface area contributed by atoms with E-state index in [0.717, 1.165) is 20.0 Å². The molecule has 1 aliphatic rings. The second-order valence-electron chi connectivity index (χ2n) is 7.76. The van der Waals surface area contributed by atoms with E-state index in [1.807, 2.05) is 26.0 Å². The maximum atomic E-state index is 13.9. The van der Waals surface area contributed by atoms with Crippen molar-refractivity contribution in [2.24, 2.45) is 11.8 Å². The summed E-state index contributed by atoms with van der Waals surface area (Å²) in [6, 6.07) is 0. The average Bonchev–Trinajstić information content (AvgIpc) is 2.54. The van der Waals surface area contributed by atoms with Crippen molar-refractivity contribution < 1.29 is 25.6 Å². The Labute approximate surface area is 159 Å². The van der Waals surface area contributed by atoms with E-state index in [2.05, 4.69) is 26.1 Å². The van der Waals surface area contributed by atoms with Gasteiger partial charge in [-0.15, -0.1) is 0 Å². The van der Waals surface area contributed by atoms with Gasteiger partial charge in [0.15, 0.2) is 0 Å². The number of nitrogens with one attached hydrogen (secondary N) is 1. The topological polar surface area (TPSA) is 12.0 Å². The first-order chi connectivity index (χ1) is 11.3. The van der Waals surface area contributed by atoms with Gasteiger partial charge in [-0.1, -0.05) is 0 Å². The van der Waals surface area contributed by atoms with Gasteiger partial charge in [-0.25, -0.2) is 0 Å². The molecule has 1 nitrogen and oxygen atoms in total. The Balaban J connectivity index is 2.30. The Hall–Kier alpha value is -0.160. The molecule has 1 N–H and O–H groups in total. The standard InChI is InChI=1S/C21H36FIN/c1-6-7-8-9-20(22)18(3)23-16-24-21(4,5)15-14-19-12-10-17(2)11-13-19/h6-9,17,19,24H,10-16H2,1-5H3/q-1/b7-6-,9-8-,20-18-. The van der Waals surface area contributed by atoms with Gasteiger partial charge < -0.3 is 0 Å². The van der Waals surface area contributed by atoms with E-state index in [1.54, 1.807) is 12.2 Å².